The average Bonchev–Trinajstić information content (AvgIpc) is 3.00. The van der Waals surface area contributed by atoms with Gasteiger partial charge in [-0.3, -0.25) is 4.79 Å². The van der Waals surface area contributed by atoms with E-state index >= 15 is 0 Å². The van der Waals surface area contributed by atoms with Crippen LogP contribution in [0.25, 0.3) is 10.6 Å². The molecule has 3 N–H and O–H groups in total. The third kappa shape index (κ3) is 3.30. The largest absolute Gasteiger partial charge is 0.385 e. The van der Waals surface area contributed by atoms with Crippen LogP contribution in [0, 0.1) is 0 Å². The lowest BCUT2D eigenvalue weighted by atomic mass is 10.2. The van der Waals surface area contributed by atoms with Gasteiger partial charge in [0, 0.05) is 20.3 Å². The van der Waals surface area contributed by atoms with Crippen LogP contribution in [-0.2, 0) is 4.74 Å². The number of carbonyl (C=O) groups excluding carboxylic acids is 1. The molecule has 0 aliphatic carbocycles. The minimum absolute atomic E-state index is 0.00577. The Morgan fingerprint density at radius 1 is 1.60 bits per heavy atom. The number of nitrogen functional groups attached to an aromatic ring is 1. The summed E-state index contributed by atoms with van der Waals surface area (Å²) >= 11 is 7.19. The number of anilines is 1. The molecule has 108 valence electrons. The van der Waals surface area contributed by atoms with Crippen LogP contribution in [-0.4, -0.2) is 31.3 Å². The van der Waals surface area contributed by atoms with Gasteiger partial charge >= 0.3 is 0 Å². The predicted octanol–water partition coefficient (Wildman–Crippen LogP) is 2.41. The highest BCUT2D eigenvalue weighted by atomic mass is 35.5. The highest BCUT2D eigenvalue weighted by Gasteiger charge is 2.23. The Morgan fingerprint density at radius 3 is 3.05 bits per heavy atom. The van der Waals surface area contributed by atoms with Gasteiger partial charge in [0.25, 0.3) is 5.91 Å². The van der Waals surface area contributed by atoms with Gasteiger partial charge in [-0.1, -0.05) is 16.8 Å². The summed E-state index contributed by atoms with van der Waals surface area (Å²) in [5.74, 6) is -0.326. The van der Waals surface area contributed by atoms with Crippen molar-refractivity contribution in [3.05, 3.63) is 22.0 Å². The maximum atomic E-state index is 12.1. The molecule has 0 radical (unpaired) electrons. The molecule has 0 aliphatic rings. The van der Waals surface area contributed by atoms with Gasteiger partial charge in [-0.05, 0) is 18.6 Å². The fourth-order valence-corrected chi connectivity index (χ4v) is 2.67. The molecule has 0 atom stereocenters. The minimum atomic E-state index is -0.320. The highest BCUT2D eigenvalue weighted by Crippen LogP contribution is 2.34. The van der Waals surface area contributed by atoms with E-state index in [-0.39, 0.29) is 17.4 Å². The zero-order chi connectivity index (χ0) is 14.5. The van der Waals surface area contributed by atoms with Crippen molar-refractivity contribution in [2.75, 3.05) is 26.0 Å². The normalized spacial score (nSPS) is 10.7. The second-order valence-corrected chi connectivity index (χ2v) is 5.69. The Balaban J connectivity index is 2.15. The van der Waals surface area contributed by atoms with Crippen LogP contribution in [0.4, 0.5) is 5.88 Å². The summed E-state index contributed by atoms with van der Waals surface area (Å²) in [5, 5.41) is 6.58. The summed E-state index contributed by atoms with van der Waals surface area (Å²) in [6.07, 6.45) is 0.716. The summed E-state index contributed by atoms with van der Waals surface area (Å²) in [4.78, 5) is 12.9. The van der Waals surface area contributed by atoms with E-state index in [9.17, 15) is 4.79 Å². The number of methoxy groups -OCH3 is 1. The van der Waals surface area contributed by atoms with E-state index in [4.69, 9.17) is 26.6 Å². The first-order valence-corrected chi connectivity index (χ1v) is 7.11. The molecule has 2 aromatic heterocycles. The van der Waals surface area contributed by atoms with Crippen LogP contribution in [0.5, 0.6) is 0 Å². The molecular weight excluding hydrogens is 302 g/mol. The number of nitrogens with one attached hydrogen (secondary N) is 1. The topological polar surface area (TPSA) is 90.4 Å². The lowest BCUT2D eigenvalue weighted by molar-refractivity contribution is 0.0950. The van der Waals surface area contributed by atoms with E-state index in [0.717, 1.165) is 4.88 Å². The molecule has 0 fully saturated rings. The first-order valence-electron chi connectivity index (χ1n) is 5.91. The van der Waals surface area contributed by atoms with Gasteiger partial charge in [0.05, 0.1) is 9.21 Å². The van der Waals surface area contributed by atoms with E-state index in [1.54, 1.807) is 19.2 Å². The van der Waals surface area contributed by atoms with E-state index in [0.29, 0.717) is 29.6 Å². The zero-order valence-corrected chi connectivity index (χ0v) is 12.4. The van der Waals surface area contributed by atoms with Crippen molar-refractivity contribution < 1.29 is 14.1 Å². The predicted molar refractivity (Wildman–Crippen MR) is 78.1 cm³/mol. The van der Waals surface area contributed by atoms with E-state index < -0.39 is 0 Å². The van der Waals surface area contributed by atoms with E-state index in [1.165, 1.54) is 11.3 Å². The van der Waals surface area contributed by atoms with Crippen LogP contribution < -0.4 is 11.1 Å². The fraction of sp³-hybridized carbons (Fsp3) is 0.333. The summed E-state index contributed by atoms with van der Waals surface area (Å²) in [6, 6.07) is 3.50. The molecule has 2 aromatic rings. The molecular formula is C12H14ClN3O3S. The quantitative estimate of drug-likeness (QED) is 0.799. The zero-order valence-electron chi connectivity index (χ0n) is 10.8. The number of halogens is 1. The summed E-state index contributed by atoms with van der Waals surface area (Å²) in [7, 11) is 1.61. The van der Waals surface area contributed by atoms with Crippen molar-refractivity contribution in [2.45, 2.75) is 6.42 Å². The molecule has 8 heteroatoms. The van der Waals surface area contributed by atoms with Crippen LogP contribution in [0.3, 0.4) is 0 Å². The Bertz CT molecular complexity index is 597. The molecule has 2 rings (SSSR count). The fourth-order valence-electron chi connectivity index (χ4n) is 1.64. The first-order chi connectivity index (χ1) is 9.63. The molecule has 0 bridgehead atoms. The third-order valence-corrected chi connectivity index (χ3v) is 3.80. The third-order valence-electron chi connectivity index (χ3n) is 2.56. The lowest BCUT2D eigenvalue weighted by Gasteiger charge is -2.04. The standard InChI is InChI=1S/C12H14ClN3O3S/c1-18-6-2-5-15-12(17)9-10(16-19-11(9)14)7-3-4-8(13)20-7/h3-4H,2,5-6,14H2,1H3,(H,15,17). The number of nitrogens with two attached hydrogens (primary N) is 1. The number of ether oxygens (including phenoxy) is 1. The van der Waals surface area contributed by atoms with Gasteiger partial charge in [-0.2, -0.15) is 0 Å². The van der Waals surface area contributed by atoms with Crippen LogP contribution >= 0.6 is 22.9 Å². The number of amides is 1. The van der Waals surface area contributed by atoms with Crippen LogP contribution in [0.2, 0.25) is 4.34 Å². The van der Waals surface area contributed by atoms with Crippen molar-refractivity contribution >= 4 is 34.7 Å². The molecule has 0 spiro atoms. The second kappa shape index (κ2) is 6.74. The minimum Gasteiger partial charge on any atom is -0.385 e. The molecule has 2 heterocycles. The summed E-state index contributed by atoms with van der Waals surface area (Å²) in [5.41, 5.74) is 6.32. The van der Waals surface area contributed by atoms with Gasteiger partial charge in [-0.15, -0.1) is 11.3 Å². The highest BCUT2D eigenvalue weighted by molar-refractivity contribution is 7.19. The Kier molecular flexibility index (Phi) is 4.99. The van der Waals surface area contributed by atoms with Gasteiger partial charge in [0.2, 0.25) is 5.88 Å². The first kappa shape index (κ1) is 14.8. The average molecular weight is 316 g/mol. The Hall–Kier alpha value is -1.57. The maximum absolute atomic E-state index is 12.1. The van der Waals surface area contributed by atoms with Gasteiger partial charge in [0.15, 0.2) is 0 Å². The maximum Gasteiger partial charge on any atom is 0.259 e. The second-order valence-electron chi connectivity index (χ2n) is 3.98. The molecule has 0 saturated carbocycles. The van der Waals surface area contributed by atoms with Gasteiger partial charge in [0.1, 0.15) is 11.3 Å². The molecule has 6 nitrogen and oxygen atoms in total. The van der Waals surface area contributed by atoms with Crippen LogP contribution in [0.15, 0.2) is 16.7 Å². The molecule has 1 amide bonds. The molecule has 0 aliphatic heterocycles. The molecule has 0 aromatic carbocycles. The Morgan fingerprint density at radius 2 is 2.40 bits per heavy atom. The number of aromatic nitrogens is 1. The summed E-state index contributed by atoms with van der Waals surface area (Å²) in [6.45, 7) is 1.06. The van der Waals surface area contributed by atoms with Crippen molar-refractivity contribution in [3.63, 3.8) is 0 Å². The number of rotatable bonds is 6. The van der Waals surface area contributed by atoms with Crippen molar-refractivity contribution in [3.8, 4) is 10.6 Å². The van der Waals surface area contributed by atoms with E-state index in [2.05, 4.69) is 10.5 Å². The molecule has 0 unspecified atom stereocenters. The van der Waals surface area contributed by atoms with Crippen molar-refractivity contribution in [1.82, 2.24) is 10.5 Å². The molecule has 0 saturated heterocycles. The molecule has 20 heavy (non-hydrogen) atoms. The number of thiophene rings is 1. The lowest BCUT2D eigenvalue weighted by Crippen LogP contribution is -2.26. The number of carbonyl (C=O) groups is 1. The number of hydrogen-bond donors (Lipinski definition) is 2. The smallest absolute Gasteiger partial charge is 0.259 e. The summed E-state index contributed by atoms with van der Waals surface area (Å²) < 4.78 is 10.4. The van der Waals surface area contributed by atoms with Crippen molar-refractivity contribution in [2.24, 2.45) is 0 Å². The van der Waals surface area contributed by atoms with E-state index in [1.807, 2.05) is 0 Å². The monoisotopic (exact) mass is 315 g/mol. The SMILES string of the molecule is COCCCNC(=O)c1c(-c2ccc(Cl)s2)noc1N. The number of nitrogens with zero attached hydrogens (tertiary/aromatic N) is 1. The van der Waals surface area contributed by atoms with Gasteiger partial charge in [-0.25, -0.2) is 0 Å². The Labute approximate surface area is 124 Å². The van der Waals surface area contributed by atoms with Crippen molar-refractivity contribution in [1.29, 1.82) is 0 Å². The number of hydrogen-bond acceptors (Lipinski definition) is 6. The van der Waals surface area contributed by atoms with Gasteiger partial charge < -0.3 is 20.3 Å². The van der Waals surface area contributed by atoms with Crippen LogP contribution in [0.1, 0.15) is 16.8 Å².